The van der Waals surface area contributed by atoms with Crippen molar-refractivity contribution in [3.05, 3.63) is 59.7 Å². The molecule has 0 aliphatic carbocycles. The number of piperidine rings is 1. The summed E-state index contributed by atoms with van der Waals surface area (Å²) in [5, 5.41) is 8.18. The average Bonchev–Trinajstić information content (AvgIpc) is 3.22. The molecule has 5 rings (SSSR count). The van der Waals surface area contributed by atoms with Crippen LogP contribution in [0.4, 0.5) is 0 Å². The fourth-order valence-electron chi connectivity index (χ4n) is 4.10. The van der Waals surface area contributed by atoms with E-state index in [0.717, 1.165) is 16.6 Å². The molecule has 0 N–H and O–H groups in total. The summed E-state index contributed by atoms with van der Waals surface area (Å²) in [5.74, 6) is -0.266. The molecule has 27 heavy (non-hydrogen) atoms. The van der Waals surface area contributed by atoms with Crippen LogP contribution < -0.4 is 0 Å². The van der Waals surface area contributed by atoms with E-state index in [1.807, 2.05) is 47.4 Å². The van der Waals surface area contributed by atoms with Gasteiger partial charge >= 0.3 is 5.97 Å². The monoisotopic (exact) mass is 362 g/mol. The van der Waals surface area contributed by atoms with Crippen LogP contribution in [-0.4, -0.2) is 44.9 Å². The fourth-order valence-corrected chi connectivity index (χ4v) is 4.10. The minimum Gasteiger partial charge on any atom is -0.450 e. The maximum absolute atomic E-state index is 12.8. The Morgan fingerprint density at radius 1 is 1.07 bits per heavy atom. The molecule has 3 aromatic rings. The van der Waals surface area contributed by atoms with Gasteiger partial charge in [0.1, 0.15) is 17.7 Å². The molecule has 1 amide bonds. The number of ether oxygens (including phenoxy) is 1. The Morgan fingerprint density at radius 2 is 1.81 bits per heavy atom. The number of hydrogen-bond donors (Lipinski definition) is 0. The van der Waals surface area contributed by atoms with Crippen molar-refractivity contribution in [3.8, 4) is 0 Å². The van der Waals surface area contributed by atoms with Gasteiger partial charge in [-0.1, -0.05) is 35.5 Å². The maximum Gasteiger partial charge on any atom is 0.339 e. The number of fused-ring (bicyclic) bond motifs is 3. The zero-order chi connectivity index (χ0) is 18.4. The quantitative estimate of drug-likeness (QED) is 0.653. The van der Waals surface area contributed by atoms with Crippen LogP contribution in [0.5, 0.6) is 0 Å². The highest BCUT2D eigenvalue weighted by molar-refractivity contribution is 5.94. The number of likely N-dealkylation sites (tertiary alicyclic amines) is 1. The zero-order valence-electron chi connectivity index (χ0n) is 14.7. The number of nitrogens with zero attached hydrogens (tertiary/aromatic N) is 4. The van der Waals surface area contributed by atoms with Gasteiger partial charge in [-0.25, -0.2) is 9.48 Å². The molecule has 3 heterocycles. The van der Waals surface area contributed by atoms with Gasteiger partial charge in [0.15, 0.2) is 0 Å². The zero-order valence-corrected chi connectivity index (χ0v) is 14.7. The van der Waals surface area contributed by atoms with Gasteiger partial charge in [0.05, 0.1) is 11.1 Å². The molecule has 0 saturated carbocycles. The molecule has 1 saturated heterocycles. The second-order valence-electron chi connectivity index (χ2n) is 7.05. The van der Waals surface area contributed by atoms with Gasteiger partial charge < -0.3 is 9.64 Å². The molecule has 7 nitrogen and oxygen atoms in total. The highest BCUT2D eigenvalue weighted by Gasteiger charge is 2.47. The Labute approximate surface area is 155 Å². The largest absolute Gasteiger partial charge is 0.450 e. The van der Waals surface area contributed by atoms with Crippen molar-refractivity contribution in [1.29, 1.82) is 0 Å². The van der Waals surface area contributed by atoms with E-state index in [1.165, 1.54) is 0 Å². The minimum absolute atomic E-state index is 0.00175. The van der Waals surface area contributed by atoms with E-state index in [9.17, 15) is 9.59 Å². The molecule has 1 aromatic heterocycles. The molecular formula is C20H18N4O3. The van der Waals surface area contributed by atoms with E-state index in [4.69, 9.17) is 4.74 Å². The summed E-state index contributed by atoms with van der Waals surface area (Å²) in [6.45, 7) is 1.25. The fraction of sp³-hybridized carbons (Fsp3) is 0.300. The van der Waals surface area contributed by atoms with Gasteiger partial charge in [-0.15, -0.1) is 5.10 Å². The number of carbonyl (C=O) groups is 2. The van der Waals surface area contributed by atoms with E-state index >= 15 is 0 Å². The number of hydrogen-bond acceptors (Lipinski definition) is 5. The summed E-state index contributed by atoms with van der Waals surface area (Å²) in [5.41, 5.74) is 2.62. The third-order valence-corrected chi connectivity index (χ3v) is 5.55. The summed E-state index contributed by atoms with van der Waals surface area (Å²) in [6, 6.07) is 15.1. The molecule has 2 aliphatic heterocycles. The molecule has 2 aliphatic rings. The average molecular weight is 362 g/mol. The lowest BCUT2D eigenvalue weighted by atomic mass is 9.84. The number of amides is 1. The van der Waals surface area contributed by atoms with Crippen molar-refractivity contribution >= 4 is 22.9 Å². The third kappa shape index (κ3) is 2.50. The van der Waals surface area contributed by atoms with Gasteiger partial charge in [-0.05, 0) is 18.2 Å². The van der Waals surface area contributed by atoms with Gasteiger partial charge in [0.25, 0.3) is 0 Å². The number of benzene rings is 2. The summed E-state index contributed by atoms with van der Waals surface area (Å²) >= 11 is 0. The Bertz CT molecular complexity index is 1050. The summed E-state index contributed by atoms with van der Waals surface area (Å²) < 4.78 is 7.38. The van der Waals surface area contributed by atoms with Gasteiger partial charge in [0, 0.05) is 31.5 Å². The van der Waals surface area contributed by atoms with Crippen molar-refractivity contribution in [3.63, 3.8) is 0 Å². The van der Waals surface area contributed by atoms with E-state index in [0.29, 0.717) is 31.5 Å². The second-order valence-corrected chi connectivity index (χ2v) is 7.05. The first-order valence-corrected chi connectivity index (χ1v) is 9.05. The first kappa shape index (κ1) is 16.0. The number of esters is 1. The number of rotatable bonds is 2. The molecule has 136 valence electrons. The standard InChI is InChI=1S/C20H18N4O3/c25-18(13-24-17-8-4-3-7-16(17)21-22-24)23-11-9-20(10-12-23)15-6-2-1-5-14(15)19(26)27-20/h1-8H,9-13H2. The summed E-state index contributed by atoms with van der Waals surface area (Å²) in [7, 11) is 0. The van der Waals surface area contributed by atoms with Crippen LogP contribution in [-0.2, 0) is 21.7 Å². The van der Waals surface area contributed by atoms with Crippen molar-refractivity contribution in [1.82, 2.24) is 19.9 Å². The van der Waals surface area contributed by atoms with Crippen molar-refractivity contribution < 1.29 is 14.3 Å². The predicted molar refractivity (Wildman–Crippen MR) is 96.9 cm³/mol. The van der Waals surface area contributed by atoms with E-state index in [2.05, 4.69) is 10.3 Å². The van der Waals surface area contributed by atoms with Crippen molar-refractivity contribution in [2.24, 2.45) is 0 Å². The lowest BCUT2D eigenvalue weighted by Gasteiger charge is -2.38. The van der Waals surface area contributed by atoms with Crippen LogP contribution in [0.15, 0.2) is 48.5 Å². The number of para-hydroxylation sites is 1. The Balaban J connectivity index is 1.31. The lowest BCUT2D eigenvalue weighted by Crippen LogP contribution is -2.46. The smallest absolute Gasteiger partial charge is 0.339 e. The molecule has 0 atom stereocenters. The van der Waals surface area contributed by atoms with Crippen LogP contribution >= 0.6 is 0 Å². The third-order valence-electron chi connectivity index (χ3n) is 5.55. The molecule has 7 heteroatoms. The van der Waals surface area contributed by atoms with E-state index in [1.54, 1.807) is 10.7 Å². The highest BCUT2D eigenvalue weighted by atomic mass is 16.6. The van der Waals surface area contributed by atoms with Gasteiger partial charge in [-0.2, -0.15) is 0 Å². The normalized spacial score (nSPS) is 17.9. The molecule has 1 spiro atoms. The Morgan fingerprint density at radius 3 is 2.67 bits per heavy atom. The lowest BCUT2D eigenvalue weighted by molar-refractivity contribution is -0.136. The van der Waals surface area contributed by atoms with Crippen LogP contribution in [0.2, 0.25) is 0 Å². The van der Waals surface area contributed by atoms with Gasteiger partial charge in [0.2, 0.25) is 5.91 Å². The number of aromatic nitrogens is 3. The Kier molecular flexibility index (Phi) is 3.50. The van der Waals surface area contributed by atoms with Crippen LogP contribution in [0.1, 0.15) is 28.8 Å². The second kappa shape index (κ2) is 5.90. The Hall–Kier alpha value is -3.22. The molecule has 0 unspecified atom stereocenters. The predicted octanol–water partition coefficient (Wildman–Crippen LogP) is 2.12. The topological polar surface area (TPSA) is 77.3 Å². The van der Waals surface area contributed by atoms with Crippen molar-refractivity contribution in [2.45, 2.75) is 25.0 Å². The molecule has 2 aromatic carbocycles. The number of carbonyl (C=O) groups excluding carboxylic acids is 2. The van der Waals surface area contributed by atoms with Crippen LogP contribution in [0.25, 0.3) is 11.0 Å². The summed E-state index contributed by atoms with van der Waals surface area (Å²) in [6.07, 6.45) is 1.22. The van der Waals surface area contributed by atoms with E-state index in [-0.39, 0.29) is 18.4 Å². The SMILES string of the molecule is O=C1OC2(CCN(C(=O)Cn3nnc4ccccc43)CC2)c2ccccc21. The van der Waals surface area contributed by atoms with Crippen LogP contribution in [0, 0.1) is 0 Å². The molecular weight excluding hydrogens is 344 g/mol. The molecule has 1 fully saturated rings. The maximum atomic E-state index is 12.8. The molecule has 0 bridgehead atoms. The van der Waals surface area contributed by atoms with E-state index < -0.39 is 5.60 Å². The first-order valence-electron chi connectivity index (χ1n) is 9.05. The highest BCUT2D eigenvalue weighted by Crippen LogP contribution is 2.43. The molecule has 0 radical (unpaired) electrons. The van der Waals surface area contributed by atoms with Crippen molar-refractivity contribution in [2.75, 3.05) is 13.1 Å². The minimum atomic E-state index is -0.593. The summed E-state index contributed by atoms with van der Waals surface area (Å²) in [4.78, 5) is 26.7. The first-order chi connectivity index (χ1) is 13.2. The van der Waals surface area contributed by atoms with Crippen LogP contribution in [0.3, 0.4) is 0 Å². The van der Waals surface area contributed by atoms with Gasteiger partial charge in [-0.3, -0.25) is 4.79 Å².